The predicted octanol–water partition coefficient (Wildman–Crippen LogP) is 14.4. The van der Waals surface area contributed by atoms with E-state index in [-0.39, 0.29) is 0 Å². The van der Waals surface area contributed by atoms with E-state index in [2.05, 4.69) is 182 Å². The van der Waals surface area contributed by atoms with Gasteiger partial charge in [0.2, 0.25) is 0 Å². The van der Waals surface area contributed by atoms with Gasteiger partial charge in [0.1, 0.15) is 11.2 Å². The molecule has 1 aromatic heterocycles. The van der Waals surface area contributed by atoms with Crippen LogP contribution < -0.4 is 0 Å². The van der Waals surface area contributed by atoms with Crippen molar-refractivity contribution in [3.8, 4) is 33.4 Å². The molecule has 1 nitrogen and oxygen atoms in total. The third-order valence-corrected chi connectivity index (χ3v) is 10.8. The summed E-state index contributed by atoms with van der Waals surface area (Å²) < 4.78 is 6.40. The largest absolute Gasteiger partial charge is 0.456 e. The van der Waals surface area contributed by atoms with Crippen molar-refractivity contribution >= 4 is 75.8 Å². The van der Waals surface area contributed by atoms with Crippen LogP contribution >= 0.6 is 0 Å². The Kier molecular flexibility index (Phi) is 6.02. The van der Waals surface area contributed by atoms with E-state index in [4.69, 9.17) is 4.42 Å². The van der Waals surface area contributed by atoms with Gasteiger partial charge < -0.3 is 4.42 Å². The molecule has 51 heavy (non-hydrogen) atoms. The highest BCUT2D eigenvalue weighted by Gasteiger charge is 2.19. The molecule has 10 aromatic carbocycles. The van der Waals surface area contributed by atoms with Gasteiger partial charge in [0.05, 0.1) is 0 Å². The van der Waals surface area contributed by atoms with Crippen LogP contribution in [0.2, 0.25) is 0 Å². The number of fused-ring (bicyclic) bond motifs is 10. The molecule has 0 radical (unpaired) electrons. The second-order valence-electron chi connectivity index (χ2n) is 13.6. The van der Waals surface area contributed by atoms with E-state index in [1.807, 2.05) is 0 Å². The van der Waals surface area contributed by atoms with E-state index >= 15 is 0 Å². The van der Waals surface area contributed by atoms with E-state index in [1.165, 1.54) is 92.6 Å². The van der Waals surface area contributed by atoms with Crippen LogP contribution in [0.3, 0.4) is 0 Å². The van der Waals surface area contributed by atoms with Crippen LogP contribution in [0.1, 0.15) is 0 Å². The van der Waals surface area contributed by atoms with E-state index in [0.29, 0.717) is 0 Å². The van der Waals surface area contributed by atoms with Gasteiger partial charge in [0.25, 0.3) is 0 Å². The fourth-order valence-electron chi connectivity index (χ4n) is 8.59. The van der Waals surface area contributed by atoms with Crippen LogP contribution in [0.25, 0.3) is 109 Å². The van der Waals surface area contributed by atoms with E-state index in [9.17, 15) is 0 Å². The van der Waals surface area contributed by atoms with Crippen LogP contribution in [-0.4, -0.2) is 0 Å². The molecular formula is C50H30O. The molecule has 0 bridgehead atoms. The van der Waals surface area contributed by atoms with Crippen molar-refractivity contribution in [2.45, 2.75) is 0 Å². The molecule has 0 saturated heterocycles. The molecule has 0 amide bonds. The fourth-order valence-corrected chi connectivity index (χ4v) is 8.59. The zero-order valence-electron chi connectivity index (χ0n) is 27.7. The minimum atomic E-state index is 0.911. The van der Waals surface area contributed by atoms with E-state index in [1.54, 1.807) is 0 Å². The van der Waals surface area contributed by atoms with Crippen LogP contribution in [0, 0.1) is 0 Å². The van der Waals surface area contributed by atoms with Crippen LogP contribution in [0.4, 0.5) is 0 Å². The molecule has 0 spiro atoms. The summed E-state index contributed by atoms with van der Waals surface area (Å²) in [5, 5.41) is 14.8. The third kappa shape index (κ3) is 4.22. The molecule has 236 valence electrons. The number of rotatable bonds is 3. The van der Waals surface area contributed by atoms with Crippen LogP contribution in [0.5, 0.6) is 0 Å². The van der Waals surface area contributed by atoms with Gasteiger partial charge >= 0.3 is 0 Å². The summed E-state index contributed by atoms with van der Waals surface area (Å²) >= 11 is 0. The summed E-state index contributed by atoms with van der Waals surface area (Å²) in [5.74, 6) is 0. The summed E-state index contributed by atoms with van der Waals surface area (Å²) in [7, 11) is 0. The number of hydrogen-bond donors (Lipinski definition) is 0. The van der Waals surface area contributed by atoms with Crippen molar-refractivity contribution in [2.24, 2.45) is 0 Å². The van der Waals surface area contributed by atoms with Gasteiger partial charge in [-0.05, 0) is 118 Å². The summed E-state index contributed by atoms with van der Waals surface area (Å²) in [5.41, 5.74) is 9.22. The van der Waals surface area contributed by atoms with Gasteiger partial charge in [-0.25, -0.2) is 0 Å². The Labute approximate surface area is 294 Å². The topological polar surface area (TPSA) is 13.1 Å². The fraction of sp³-hybridized carbons (Fsp3) is 0. The number of benzene rings is 10. The predicted molar refractivity (Wildman–Crippen MR) is 218 cm³/mol. The van der Waals surface area contributed by atoms with Gasteiger partial charge in [-0.2, -0.15) is 0 Å². The summed E-state index contributed by atoms with van der Waals surface area (Å²) in [6.07, 6.45) is 0. The maximum atomic E-state index is 6.40. The molecule has 1 heteroatoms. The van der Waals surface area contributed by atoms with Crippen molar-refractivity contribution in [3.63, 3.8) is 0 Å². The number of hydrogen-bond acceptors (Lipinski definition) is 1. The summed E-state index contributed by atoms with van der Waals surface area (Å²) in [4.78, 5) is 0. The zero-order chi connectivity index (χ0) is 33.5. The first kappa shape index (κ1) is 28.2. The standard InChI is InChI=1S/C50H30O/c1-4-17-37-31(12-1)24-27-47-50(37)45-30-35(25-26-46(45)51-47)49-42-22-9-7-20-40(42)48(41-21-8-10-23-43(41)49)34-15-11-14-32(28-34)44-29-33-13-2-3-16-36(33)38-18-5-6-19-39(38)44/h1-30H. The lowest BCUT2D eigenvalue weighted by atomic mass is 9.85. The Morgan fingerprint density at radius 3 is 1.51 bits per heavy atom. The third-order valence-electron chi connectivity index (χ3n) is 10.8. The molecule has 0 saturated carbocycles. The van der Waals surface area contributed by atoms with Crippen molar-refractivity contribution < 1.29 is 4.42 Å². The van der Waals surface area contributed by atoms with Gasteiger partial charge in [0, 0.05) is 10.8 Å². The minimum Gasteiger partial charge on any atom is -0.456 e. The first-order chi connectivity index (χ1) is 25.3. The van der Waals surface area contributed by atoms with Crippen LogP contribution in [-0.2, 0) is 0 Å². The highest BCUT2D eigenvalue weighted by molar-refractivity contribution is 6.24. The quantitative estimate of drug-likeness (QED) is 0.138. The molecule has 11 aromatic rings. The molecule has 0 fully saturated rings. The van der Waals surface area contributed by atoms with Crippen molar-refractivity contribution in [2.75, 3.05) is 0 Å². The molecule has 1 heterocycles. The Hall–Kier alpha value is -6.70. The van der Waals surface area contributed by atoms with Gasteiger partial charge in [0.15, 0.2) is 0 Å². The van der Waals surface area contributed by atoms with Crippen molar-refractivity contribution in [3.05, 3.63) is 182 Å². The summed E-state index contributed by atoms with van der Waals surface area (Å²) in [6.45, 7) is 0. The molecule has 0 unspecified atom stereocenters. The van der Waals surface area contributed by atoms with E-state index in [0.717, 1.165) is 16.6 Å². The zero-order valence-corrected chi connectivity index (χ0v) is 27.7. The second-order valence-corrected chi connectivity index (χ2v) is 13.6. The van der Waals surface area contributed by atoms with Gasteiger partial charge in [-0.15, -0.1) is 0 Å². The Bertz CT molecular complexity index is 3140. The number of furan rings is 1. The second kappa shape index (κ2) is 10.9. The molecule has 0 aliphatic carbocycles. The summed E-state index contributed by atoms with van der Waals surface area (Å²) in [6, 6.07) is 66.4. The van der Waals surface area contributed by atoms with Crippen molar-refractivity contribution in [1.82, 2.24) is 0 Å². The normalized spacial score (nSPS) is 11.9. The minimum absolute atomic E-state index is 0.911. The average molecular weight is 647 g/mol. The molecule has 0 aliphatic rings. The Balaban J connectivity index is 1.17. The molecule has 11 rings (SSSR count). The van der Waals surface area contributed by atoms with E-state index < -0.39 is 0 Å². The van der Waals surface area contributed by atoms with Crippen molar-refractivity contribution in [1.29, 1.82) is 0 Å². The maximum Gasteiger partial charge on any atom is 0.136 e. The lowest BCUT2D eigenvalue weighted by molar-refractivity contribution is 0.669. The van der Waals surface area contributed by atoms with Gasteiger partial charge in [-0.1, -0.05) is 152 Å². The smallest absolute Gasteiger partial charge is 0.136 e. The lowest BCUT2D eigenvalue weighted by Gasteiger charge is -2.18. The highest BCUT2D eigenvalue weighted by atomic mass is 16.3. The molecule has 0 aliphatic heterocycles. The maximum absolute atomic E-state index is 6.40. The average Bonchev–Trinajstić information content (AvgIpc) is 3.58. The Morgan fingerprint density at radius 2 is 0.804 bits per heavy atom. The molecular weight excluding hydrogens is 617 g/mol. The molecule has 0 N–H and O–H groups in total. The monoisotopic (exact) mass is 646 g/mol. The van der Waals surface area contributed by atoms with Crippen LogP contribution in [0.15, 0.2) is 186 Å². The first-order valence-electron chi connectivity index (χ1n) is 17.6. The molecule has 0 atom stereocenters. The SMILES string of the molecule is c1cc(-c2c3ccccc3c(-c3ccc4oc5ccc6ccccc6c5c4c3)c3ccccc23)cc(-c2cc3ccccc3c3ccccc23)c1. The first-order valence-corrected chi connectivity index (χ1v) is 17.6. The lowest BCUT2D eigenvalue weighted by Crippen LogP contribution is -1.91. The Morgan fingerprint density at radius 1 is 0.275 bits per heavy atom. The highest BCUT2D eigenvalue weighted by Crippen LogP contribution is 2.46. The van der Waals surface area contributed by atoms with Gasteiger partial charge in [-0.3, -0.25) is 0 Å².